The number of nitrogens with two attached hydrogens (primary N) is 2. The molecule has 1 fully saturated rings. The van der Waals surface area contributed by atoms with Gasteiger partial charge in [-0.15, -0.1) is 22.6 Å². The second-order valence-electron chi connectivity index (χ2n) is 9.36. The van der Waals surface area contributed by atoms with E-state index in [1.54, 1.807) is 0 Å². The molecule has 0 saturated carbocycles. The third-order valence-corrected chi connectivity index (χ3v) is 9.59. The number of aromatic nitrogens is 3. The summed E-state index contributed by atoms with van der Waals surface area (Å²) in [7, 11) is -5.36. The number of hydrogen-bond donors (Lipinski definition) is 2. The number of aryl methyl sites for hydroxylation is 2. The Balaban J connectivity index is 0.00000370. The van der Waals surface area contributed by atoms with Gasteiger partial charge >= 0.3 is 15.5 Å². The molecule has 0 amide bonds. The van der Waals surface area contributed by atoms with Crippen molar-refractivity contribution < 1.29 is 21.6 Å². The summed E-state index contributed by atoms with van der Waals surface area (Å²) in [4.78, 5) is 0.276. The fourth-order valence-corrected chi connectivity index (χ4v) is 6.67. The summed E-state index contributed by atoms with van der Waals surface area (Å²) in [6.07, 6.45) is 3.85. The predicted molar refractivity (Wildman–Crippen MR) is 157 cm³/mol. The van der Waals surface area contributed by atoms with E-state index in [0.717, 1.165) is 38.2 Å². The van der Waals surface area contributed by atoms with Crippen LogP contribution in [0.5, 0.6) is 0 Å². The quantitative estimate of drug-likeness (QED) is 0.274. The van der Waals surface area contributed by atoms with Gasteiger partial charge in [0.2, 0.25) is 5.13 Å². The second kappa shape index (κ2) is 11.6. The SMILES string of the molecule is Cl.NC(=S)c1cccc(-c2cn(C3CCN(S(=O)(=O)C(F)(F)F)CC3)c3cc(CCc4nnc(N)s4)ccc23)c1. The number of benzene rings is 2. The van der Waals surface area contributed by atoms with E-state index >= 15 is 0 Å². The van der Waals surface area contributed by atoms with Crippen molar-refractivity contribution in [3.8, 4) is 11.1 Å². The molecule has 8 nitrogen and oxygen atoms in total. The number of rotatable bonds is 7. The lowest BCUT2D eigenvalue weighted by Crippen LogP contribution is -2.45. The Kier molecular flexibility index (Phi) is 8.76. The summed E-state index contributed by atoms with van der Waals surface area (Å²) in [5.41, 5.74) is 10.8. The molecule has 15 heteroatoms. The van der Waals surface area contributed by atoms with E-state index in [-0.39, 0.29) is 49.4 Å². The van der Waals surface area contributed by atoms with Gasteiger partial charge in [-0.2, -0.15) is 17.5 Å². The summed E-state index contributed by atoms with van der Waals surface area (Å²) in [5, 5.41) is 10.1. The number of piperidine rings is 1. The molecule has 1 saturated heterocycles. The highest BCUT2D eigenvalue weighted by Gasteiger charge is 2.50. The monoisotopic (exact) mass is 630 g/mol. The molecule has 0 spiro atoms. The number of nitrogens with zero attached hydrogens (tertiary/aromatic N) is 4. The third kappa shape index (κ3) is 5.96. The number of nitrogen functional groups attached to an aromatic ring is 1. The molecule has 0 bridgehead atoms. The first-order chi connectivity index (χ1) is 18.4. The lowest BCUT2D eigenvalue weighted by atomic mass is 10.0. The van der Waals surface area contributed by atoms with E-state index in [4.69, 9.17) is 23.7 Å². The minimum absolute atomic E-state index is 0. The van der Waals surface area contributed by atoms with Crippen molar-refractivity contribution in [3.63, 3.8) is 0 Å². The zero-order chi connectivity index (χ0) is 27.9. The van der Waals surface area contributed by atoms with Crippen LogP contribution in [-0.2, 0) is 22.9 Å². The molecule has 0 radical (unpaired) electrons. The van der Waals surface area contributed by atoms with Crippen LogP contribution in [0.2, 0.25) is 0 Å². The van der Waals surface area contributed by atoms with Crippen molar-refractivity contribution in [1.29, 1.82) is 0 Å². The van der Waals surface area contributed by atoms with E-state index in [0.29, 0.717) is 22.3 Å². The van der Waals surface area contributed by atoms with Gasteiger partial charge in [0.15, 0.2) is 0 Å². The van der Waals surface area contributed by atoms with Gasteiger partial charge in [0.25, 0.3) is 0 Å². The molecule has 1 aliphatic rings. The molecule has 4 aromatic rings. The number of alkyl halides is 3. The third-order valence-electron chi connectivity index (χ3n) is 6.92. The average Bonchev–Trinajstić information content (AvgIpc) is 3.50. The first-order valence-corrected chi connectivity index (χ1v) is 14.8. The Bertz CT molecular complexity index is 1650. The molecule has 1 aliphatic heterocycles. The maximum Gasteiger partial charge on any atom is 0.511 e. The number of anilines is 1. The molecular weight excluding hydrogens is 605 g/mol. The lowest BCUT2D eigenvalue weighted by molar-refractivity contribution is -0.0496. The largest absolute Gasteiger partial charge is 0.511 e. The Morgan fingerprint density at radius 2 is 1.82 bits per heavy atom. The van der Waals surface area contributed by atoms with Crippen LogP contribution in [0.4, 0.5) is 18.3 Å². The number of thiocarbonyl (C=S) groups is 1. The maximum atomic E-state index is 13.1. The summed E-state index contributed by atoms with van der Waals surface area (Å²) in [6.45, 7) is -0.423. The molecule has 0 aliphatic carbocycles. The summed E-state index contributed by atoms with van der Waals surface area (Å²) in [5.74, 6) is 0. The minimum Gasteiger partial charge on any atom is -0.389 e. The van der Waals surface area contributed by atoms with E-state index < -0.39 is 15.5 Å². The van der Waals surface area contributed by atoms with E-state index in [9.17, 15) is 21.6 Å². The van der Waals surface area contributed by atoms with Crippen LogP contribution in [0.15, 0.2) is 48.7 Å². The van der Waals surface area contributed by atoms with Crippen molar-refractivity contribution in [2.24, 2.45) is 5.73 Å². The van der Waals surface area contributed by atoms with Crippen LogP contribution in [0, 0.1) is 0 Å². The van der Waals surface area contributed by atoms with Crippen LogP contribution < -0.4 is 11.5 Å². The van der Waals surface area contributed by atoms with Crippen molar-refractivity contribution >= 4 is 67.0 Å². The van der Waals surface area contributed by atoms with Crippen molar-refractivity contribution in [2.75, 3.05) is 18.8 Å². The molecule has 5 rings (SSSR count). The molecule has 4 N–H and O–H groups in total. The first-order valence-electron chi connectivity index (χ1n) is 12.1. The second-order valence-corrected chi connectivity index (χ2v) is 12.8. The zero-order valence-electron chi connectivity index (χ0n) is 21.0. The molecule has 3 heterocycles. The van der Waals surface area contributed by atoms with Crippen molar-refractivity contribution in [2.45, 2.75) is 37.2 Å². The zero-order valence-corrected chi connectivity index (χ0v) is 24.2. The van der Waals surface area contributed by atoms with Crippen molar-refractivity contribution in [3.05, 3.63) is 64.8 Å². The highest BCUT2D eigenvalue weighted by molar-refractivity contribution is 7.90. The first kappa shape index (κ1) is 30.2. The van der Waals surface area contributed by atoms with E-state index in [2.05, 4.69) is 20.8 Å². The average molecular weight is 631 g/mol. The molecule has 0 unspecified atom stereocenters. The van der Waals surface area contributed by atoms with Crippen LogP contribution in [-0.4, -0.2) is 51.1 Å². The van der Waals surface area contributed by atoms with Gasteiger partial charge in [-0.05, 0) is 42.5 Å². The number of halogens is 4. The number of fused-ring (bicyclic) bond motifs is 1. The van der Waals surface area contributed by atoms with E-state index in [1.807, 2.05) is 42.6 Å². The predicted octanol–water partition coefficient (Wildman–Crippen LogP) is 5.07. The van der Waals surface area contributed by atoms with Crippen LogP contribution in [0.25, 0.3) is 22.0 Å². The fraction of sp³-hybridized carbons (Fsp3) is 0.320. The fourth-order valence-electron chi connectivity index (χ4n) is 4.95. The summed E-state index contributed by atoms with van der Waals surface area (Å²) >= 11 is 6.49. The van der Waals surface area contributed by atoms with Gasteiger partial charge in [0.05, 0.1) is 0 Å². The van der Waals surface area contributed by atoms with Crippen LogP contribution in [0.3, 0.4) is 0 Å². The standard InChI is InChI=1S/C25H25F3N6O2S3.ClH/c26-25(27,28)39(35,36)33-10-8-18(9-11-33)34-14-20(16-2-1-3-17(13-16)23(29)37)19-6-4-15(12-21(19)34)5-7-22-31-32-24(30)38-22;/h1-4,6,12-14,18H,5,7-11H2,(H2,29,37)(H2,30,32);1H. The molecule has 0 atom stereocenters. The number of hydrogen-bond acceptors (Lipinski definition) is 7. The lowest BCUT2D eigenvalue weighted by Gasteiger charge is -2.32. The molecular formula is C25H26ClF3N6O2S3. The topological polar surface area (TPSA) is 120 Å². The maximum absolute atomic E-state index is 13.1. The van der Waals surface area contributed by atoms with Crippen LogP contribution in [0.1, 0.15) is 35.0 Å². The smallest absolute Gasteiger partial charge is 0.389 e. The van der Waals surface area contributed by atoms with Crippen LogP contribution >= 0.6 is 36.0 Å². The highest BCUT2D eigenvalue weighted by atomic mass is 35.5. The Morgan fingerprint density at radius 3 is 2.45 bits per heavy atom. The highest BCUT2D eigenvalue weighted by Crippen LogP contribution is 2.38. The molecule has 214 valence electrons. The van der Waals surface area contributed by atoms with E-state index in [1.165, 1.54) is 11.3 Å². The Morgan fingerprint density at radius 1 is 1.10 bits per heavy atom. The molecule has 2 aromatic carbocycles. The van der Waals surface area contributed by atoms with Gasteiger partial charge in [-0.25, -0.2) is 8.42 Å². The molecule has 2 aromatic heterocycles. The summed E-state index contributed by atoms with van der Waals surface area (Å²) in [6, 6.07) is 13.5. The Hall–Kier alpha value is -2.78. The normalized spacial score (nSPS) is 15.3. The molecule has 40 heavy (non-hydrogen) atoms. The number of sulfonamides is 1. The van der Waals surface area contributed by atoms with Gasteiger partial charge < -0.3 is 16.0 Å². The minimum atomic E-state index is -5.36. The van der Waals surface area contributed by atoms with Crippen molar-refractivity contribution in [1.82, 2.24) is 19.1 Å². The van der Waals surface area contributed by atoms with Gasteiger partial charge in [0.1, 0.15) is 10.00 Å². The van der Waals surface area contributed by atoms with Gasteiger partial charge in [-0.3, -0.25) is 0 Å². The Labute approximate surface area is 244 Å². The summed E-state index contributed by atoms with van der Waals surface area (Å²) < 4.78 is 65.7. The van der Waals surface area contributed by atoms with Gasteiger partial charge in [0, 0.05) is 53.8 Å². The van der Waals surface area contributed by atoms with Gasteiger partial charge in [-0.1, -0.05) is 53.9 Å².